The predicted octanol–water partition coefficient (Wildman–Crippen LogP) is 1.51. The molecule has 1 aromatic carbocycles. The number of nitrogens with zero attached hydrogens (tertiary/aromatic N) is 2. The van der Waals surface area contributed by atoms with Crippen LogP contribution < -0.4 is 11.3 Å². The van der Waals surface area contributed by atoms with Crippen molar-refractivity contribution in [3.8, 4) is 0 Å². The molecule has 1 aromatic heterocycles. The molecule has 2 aromatic rings. The number of hydrogen-bond donors (Lipinski definition) is 1. The molecule has 16 heavy (non-hydrogen) atoms. The van der Waals surface area contributed by atoms with Crippen molar-refractivity contribution in [2.24, 2.45) is 5.73 Å². The van der Waals surface area contributed by atoms with Gasteiger partial charge in [-0.25, -0.2) is 4.98 Å². The number of hydrogen-bond acceptors (Lipinski definition) is 3. The highest BCUT2D eigenvalue weighted by atomic mass is 79.9. The third kappa shape index (κ3) is 2.01. The van der Waals surface area contributed by atoms with E-state index in [1.54, 1.807) is 10.9 Å². The summed E-state index contributed by atoms with van der Waals surface area (Å²) in [7, 11) is 0. The molecule has 0 spiro atoms. The van der Waals surface area contributed by atoms with Gasteiger partial charge in [-0.05, 0) is 41.0 Å². The first-order valence-corrected chi connectivity index (χ1v) is 5.87. The summed E-state index contributed by atoms with van der Waals surface area (Å²) in [6, 6.07) is 5.54. The van der Waals surface area contributed by atoms with Crippen molar-refractivity contribution in [2.45, 2.75) is 13.0 Å². The van der Waals surface area contributed by atoms with Gasteiger partial charge in [0.25, 0.3) is 5.56 Å². The average molecular weight is 282 g/mol. The van der Waals surface area contributed by atoms with E-state index in [4.69, 9.17) is 5.73 Å². The van der Waals surface area contributed by atoms with E-state index in [0.717, 1.165) is 10.9 Å². The molecule has 0 radical (unpaired) electrons. The molecular formula is C11H12BrN3O. The maximum absolute atomic E-state index is 12.1. The summed E-state index contributed by atoms with van der Waals surface area (Å²) in [5, 5.41) is 0.627. The van der Waals surface area contributed by atoms with Crippen LogP contribution in [0.1, 0.15) is 6.42 Å². The van der Waals surface area contributed by atoms with E-state index < -0.39 is 0 Å². The Hall–Kier alpha value is -1.20. The summed E-state index contributed by atoms with van der Waals surface area (Å²) >= 11 is 3.37. The highest BCUT2D eigenvalue weighted by Gasteiger charge is 2.06. The summed E-state index contributed by atoms with van der Waals surface area (Å²) in [5.41, 5.74) is 6.11. The van der Waals surface area contributed by atoms with E-state index in [2.05, 4.69) is 20.9 Å². The molecule has 0 saturated heterocycles. The smallest absolute Gasteiger partial charge is 0.262 e. The number of aryl methyl sites for hydroxylation is 1. The minimum absolute atomic E-state index is 0.0223. The first kappa shape index (κ1) is 11.3. The van der Waals surface area contributed by atoms with E-state index in [9.17, 15) is 4.79 Å². The molecular weight excluding hydrogens is 270 g/mol. The number of aromatic nitrogens is 2. The monoisotopic (exact) mass is 281 g/mol. The fourth-order valence-electron chi connectivity index (χ4n) is 1.58. The van der Waals surface area contributed by atoms with Crippen LogP contribution in [0.5, 0.6) is 0 Å². The molecule has 84 valence electrons. The van der Waals surface area contributed by atoms with Gasteiger partial charge in [0.1, 0.15) is 0 Å². The standard InChI is InChI=1S/C11H12BrN3O/c12-8-3-1-4-9-10(8)11(16)15(7-14-9)6-2-5-13/h1,3-4,7H,2,5-6,13H2. The number of nitrogens with two attached hydrogens (primary N) is 1. The molecule has 0 saturated carbocycles. The van der Waals surface area contributed by atoms with Crippen molar-refractivity contribution in [1.82, 2.24) is 9.55 Å². The molecule has 0 aliphatic rings. The molecule has 0 unspecified atom stereocenters. The lowest BCUT2D eigenvalue weighted by Gasteiger charge is -2.06. The van der Waals surface area contributed by atoms with Crippen LogP contribution in [0.3, 0.4) is 0 Å². The maximum atomic E-state index is 12.1. The zero-order chi connectivity index (χ0) is 11.5. The van der Waals surface area contributed by atoms with Gasteiger partial charge in [0.05, 0.1) is 17.2 Å². The van der Waals surface area contributed by atoms with E-state index >= 15 is 0 Å². The van der Waals surface area contributed by atoms with E-state index in [0.29, 0.717) is 24.0 Å². The first-order valence-electron chi connectivity index (χ1n) is 5.08. The molecule has 2 rings (SSSR count). The molecule has 5 heteroatoms. The van der Waals surface area contributed by atoms with Crippen LogP contribution in [0.2, 0.25) is 0 Å². The summed E-state index contributed by atoms with van der Waals surface area (Å²) in [6.45, 7) is 1.18. The van der Waals surface area contributed by atoms with Crippen LogP contribution in [0.25, 0.3) is 10.9 Å². The average Bonchev–Trinajstić information content (AvgIpc) is 2.28. The first-order chi connectivity index (χ1) is 7.74. The quantitative estimate of drug-likeness (QED) is 0.928. The van der Waals surface area contributed by atoms with Gasteiger partial charge >= 0.3 is 0 Å². The second kappa shape index (κ2) is 4.76. The molecule has 4 nitrogen and oxygen atoms in total. The van der Waals surface area contributed by atoms with Crippen LogP contribution in [-0.2, 0) is 6.54 Å². The lowest BCUT2D eigenvalue weighted by molar-refractivity contribution is 0.624. The molecule has 0 aliphatic carbocycles. The third-order valence-electron chi connectivity index (χ3n) is 2.41. The van der Waals surface area contributed by atoms with Gasteiger partial charge in [0, 0.05) is 11.0 Å². The zero-order valence-corrected chi connectivity index (χ0v) is 10.3. The minimum Gasteiger partial charge on any atom is -0.330 e. The summed E-state index contributed by atoms with van der Waals surface area (Å²) < 4.78 is 2.38. The van der Waals surface area contributed by atoms with Crippen LogP contribution >= 0.6 is 15.9 Å². The Morgan fingerprint density at radius 3 is 3.00 bits per heavy atom. The summed E-state index contributed by atoms with van der Waals surface area (Å²) in [6.07, 6.45) is 2.35. The fourth-order valence-corrected chi connectivity index (χ4v) is 2.11. The Morgan fingerprint density at radius 2 is 2.25 bits per heavy atom. The summed E-state index contributed by atoms with van der Waals surface area (Å²) in [4.78, 5) is 16.4. The maximum Gasteiger partial charge on any atom is 0.262 e. The normalized spacial score (nSPS) is 10.9. The van der Waals surface area contributed by atoms with Crippen molar-refractivity contribution in [1.29, 1.82) is 0 Å². The highest BCUT2D eigenvalue weighted by Crippen LogP contribution is 2.18. The Bertz CT molecular complexity index is 565. The van der Waals surface area contributed by atoms with Crippen LogP contribution in [0.4, 0.5) is 0 Å². The van der Waals surface area contributed by atoms with Gasteiger partial charge in [-0.1, -0.05) is 6.07 Å². The van der Waals surface area contributed by atoms with Crippen LogP contribution in [-0.4, -0.2) is 16.1 Å². The molecule has 0 aliphatic heterocycles. The lowest BCUT2D eigenvalue weighted by Crippen LogP contribution is -2.22. The predicted molar refractivity (Wildman–Crippen MR) is 67.4 cm³/mol. The highest BCUT2D eigenvalue weighted by molar-refractivity contribution is 9.10. The minimum atomic E-state index is -0.0223. The van der Waals surface area contributed by atoms with Crippen LogP contribution in [0.15, 0.2) is 33.8 Å². The molecule has 0 amide bonds. The second-order valence-corrected chi connectivity index (χ2v) is 4.37. The molecule has 0 atom stereocenters. The second-order valence-electron chi connectivity index (χ2n) is 3.52. The Kier molecular flexibility index (Phi) is 3.36. The SMILES string of the molecule is NCCCn1cnc2cccc(Br)c2c1=O. The van der Waals surface area contributed by atoms with E-state index in [1.807, 2.05) is 18.2 Å². The number of fused-ring (bicyclic) bond motifs is 1. The number of rotatable bonds is 3. The van der Waals surface area contributed by atoms with Crippen LogP contribution in [0, 0.1) is 0 Å². The van der Waals surface area contributed by atoms with Crippen molar-refractivity contribution in [3.05, 3.63) is 39.4 Å². The molecule has 0 bridgehead atoms. The van der Waals surface area contributed by atoms with Crippen molar-refractivity contribution in [2.75, 3.05) is 6.54 Å². The topological polar surface area (TPSA) is 60.9 Å². The largest absolute Gasteiger partial charge is 0.330 e. The lowest BCUT2D eigenvalue weighted by atomic mass is 10.2. The van der Waals surface area contributed by atoms with Gasteiger partial charge < -0.3 is 5.73 Å². The van der Waals surface area contributed by atoms with Gasteiger partial charge in [-0.3, -0.25) is 9.36 Å². The third-order valence-corrected chi connectivity index (χ3v) is 3.07. The van der Waals surface area contributed by atoms with Gasteiger partial charge in [0.15, 0.2) is 0 Å². The molecule has 1 heterocycles. The Balaban J connectivity index is 2.60. The molecule has 2 N–H and O–H groups in total. The van der Waals surface area contributed by atoms with Gasteiger partial charge in [-0.2, -0.15) is 0 Å². The summed E-state index contributed by atoms with van der Waals surface area (Å²) in [5.74, 6) is 0. The Morgan fingerprint density at radius 1 is 1.44 bits per heavy atom. The van der Waals surface area contributed by atoms with Gasteiger partial charge in [-0.15, -0.1) is 0 Å². The van der Waals surface area contributed by atoms with Crippen molar-refractivity contribution >= 4 is 26.8 Å². The zero-order valence-electron chi connectivity index (χ0n) is 8.69. The van der Waals surface area contributed by atoms with Crippen molar-refractivity contribution < 1.29 is 0 Å². The Labute approximate surface area is 101 Å². The number of halogens is 1. The fraction of sp³-hybridized carbons (Fsp3) is 0.273. The van der Waals surface area contributed by atoms with E-state index in [1.165, 1.54) is 0 Å². The number of benzene rings is 1. The van der Waals surface area contributed by atoms with Gasteiger partial charge in [0.2, 0.25) is 0 Å². The van der Waals surface area contributed by atoms with E-state index in [-0.39, 0.29) is 5.56 Å². The van der Waals surface area contributed by atoms with Crippen molar-refractivity contribution in [3.63, 3.8) is 0 Å². The molecule has 0 fully saturated rings.